The number of anilines is 2. The van der Waals surface area contributed by atoms with Crippen molar-refractivity contribution in [3.63, 3.8) is 0 Å². The summed E-state index contributed by atoms with van der Waals surface area (Å²) >= 11 is 2.08. The second-order valence-electron chi connectivity index (χ2n) is 4.30. The molecule has 0 radical (unpaired) electrons. The van der Waals surface area contributed by atoms with Crippen LogP contribution in [0.15, 0.2) is 24.3 Å². The molecule has 0 aliphatic rings. The molecule has 2 N–H and O–H groups in total. The SMILES string of the molecule is Cc1cc(I)ccc1Nc1c(C(=O)O)cc(F)c(F)c1F. The smallest absolute Gasteiger partial charge is 0.338 e. The van der Waals surface area contributed by atoms with Gasteiger partial charge in [-0.3, -0.25) is 0 Å². The van der Waals surface area contributed by atoms with Crippen molar-refractivity contribution in [2.24, 2.45) is 0 Å². The molecule has 0 aromatic heterocycles. The molecule has 0 aliphatic heterocycles. The van der Waals surface area contributed by atoms with Crippen LogP contribution in [0.5, 0.6) is 0 Å². The number of hydrogen-bond acceptors (Lipinski definition) is 2. The van der Waals surface area contributed by atoms with Crippen LogP contribution in [0.25, 0.3) is 0 Å². The molecule has 0 heterocycles. The highest BCUT2D eigenvalue weighted by atomic mass is 127. The Morgan fingerprint density at radius 2 is 1.86 bits per heavy atom. The molecule has 0 spiro atoms. The number of carboxylic acid groups (broad SMARTS) is 1. The van der Waals surface area contributed by atoms with Crippen LogP contribution < -0.4 is 5.32 Å². The molecule has 0 fully saturated rings. The first-order valence-electron chi connectivity index (χ1n) is 5.75. The number of hydrogen-bond donors (Lipinski definition) is 2. The summed E-state index contributed by atoms with van der Waals surface area (Å²) in [6, 6.07) is 5.55. The van der Waals surface area contributed by atoms with Gasteiger partial charge < -0.3 is 10.4 Å². The zero-order valence-electron chi connectivity index (χ0n) is 10.7. The minimum absolute atomic E-state index is 0.405. The van der Waals surface area contributed by atoms with E-state index in [0.29, 0.717) is 17.3 Å². The van der Waals surface area contributed by atoms with Crippen LogP contribution in [-0.2, 0) is 0 Å². The Hall–Kier alpha value is -1.77. The molecule has 110 valence electrons. The first-order valence-corrected chi connectivity index (χ1v) is 6.83. The first kappa shape index (κ1) is 15.6. The summed E-state index contributed by atoms with van der Waals surface area (Å²) in [5, 5.41) is 11.5. The Labute approximate surface area is 131 Å². The van der Waals surface area contributed by atoms with Gasteiger partial charge in [-0.1, -0.05) is 0 Å². The van der Waals surface area contributed by atoms with E-state index in [1.807, 2.05) is 0 Å². The van der Waals surface area contributed by atoms with Gasteiger partial charge in [0.1, 0.15) is 0 Å². The molecule has 7 heteroatoms. The quantitative estimate of drug-likeness (QED) is 0.584. The highest BCUT2D eigenvalue weighted by molar-refractivity contribution is 14.1. The van der Waals surface area contributed by atoms with E-state index in [2.05, 4.69) is 27.9 Å². The average molecular weight is 407 g/mol. The van der Waals surface area contributed by atoms with Crippen molar-refractivity contribution in [2.75, 3.05) is 5.32 Å². The average Bonchev–Trinajstić information content (AvgIpc) is 2.41. The molecule has 21 heavy (non-hydrogen) atoms. The van der Waals surface area contributed by atoms with E-state index in [0.717, 1.165) is 3.57 Å². The van der Waals surface area contributed by atoms with E-state index >= 15 is 0 Å². The summed E-state index contributed by atoms with van der Waals surface area (Å²) in [6.07, 6.45) is 0. The van der Waals surface area contributed by atoms with Crippen molar-refractivity contribution in [1.29, 1.82) is 0 Å². The van der Waals surface area contributed by atoms with E-state index in [9.17, 15) is 18.0 Å². The summed E-state index contributed by atoms with van der Waals surface area (Å²) in [5.74, 6) is -6.38. The highest BCUT2D eigenvalue weighted by Gasteiger charge is 2.23. The van der Waals surface area contributed by atoms with Crippen LogP contribution in [-0.4, -0.2) is 11.1 Å². The van der Waals surface area contributed by atoms with E-state index < -0.39 is 34.7 Å². The lowest BCUT2D eigenvalue weighted by molar-refractivity contribution is 0.0696. The third kappa shape index (κ3) is 3.12. The summed E-state index contributed by atoms with van der Waals surface area (Å²) in [6.45, 7) is 1.72. The number of benzene rings is 2. The number of carbonyl (C=O) groups is 1. The minimum Gasteiger partial charge on any atom is -0.478 e. The van der Waals surface area contributed by atoms with Crippen LogP contribution in [0, 0.1) is 27.9 Å². The fourth-order valence-corrected chi connectivity index (χ4v) is 2.43. The van der Waals surface area contributed by atoms with Crippen molar-refractivity contribution in [3.8, 4) is 0 Å². The molecule has 0 unspecified atom stereocenters. The van der Waals surface area contributed by atoms with Crippen LogP contribution in [0.4, 0.5) is 24.5 Å². The molecular weight excluding hydrogens is 398 g/mol. The van der Waals surface area contributed by atoms with E-state index in [1.165, 1.54) is 0 Å². The van der Waals surface area contributed by atoms with Gasteiger partial charge in [-0.05, 0) is 59.3 Å². The molecule has 0 bridgehead atoms. The van der Waals surface area contributed by atoms with Crippen molar-refractivity contribution in [3.05, 3.63) is 56.4 Å². The molecule has 0 atom stereocenters. The highest BCUT2D eigenvalue weighted by Crippen LogP contribution is 2.30. The number of nitrogens with one attached hydrogen (secondary N) is 1. The number of carboxylic acids is 1. The van der Waals surface area contributed by atoms with E-state index in [-0.39, 0.29) is 0 Å². The van der Waals surface area contributed by atoms with Crippen LogP contribution in [0.1, 0.15) is 15.9 Å². The topological polar surface area (TPSA) is 49.3 Å². The molecule has 0 amide bonds. The summed E-state index contributed by atoms with van der Waals surface area (Å²) < 4.78 is 41.2. The molecule has 2 aromatic carbocycles. The van der Waals surface area contributed by atoms with Gasteiger partial charge >= 0.3 is 5.97 Å². The van der Waals surface area contributed by atoms with Gasteiger partial charge in [0.05, 0.1) is 11.3 Å². The standard InChI is InChI=1S/C14H9F3INO2/c1-6-4-7(18)2-3-10(6)19-13-8(14(20)21)5-9(15)11(16)12(13)17/h2-5,19H,1H3,(H,20,21). The zero-order valence-corrected chi connectivity index (χ0v) is 12.8. The van der Waals surface area contributed by atoms with Gasteiger partial charge in [0.25, 0.3) is 0 Å². The van der Waals surface area contributed by atoms with Crippen LogP contribution in [0.2, 0.25) is 0 Å². The molecule has 2 aromatic rings. The zero-order chi connectivity index (χ0) is 15.7. The predicted octanol–water partition coefficient (Wildman–Crippen LogP) is 4.46. The lowest BCUT2D eigenvalue weighted by atomic mass is 10.1. The van der Waals surface area contributed by atoms with Gasteiger partial charge in [-0.2, -0.15) is 0 Å². The summed E-state index contributed by atoms with van der Waals surface area (Å²) in [4.78, 5) is 11.1. The second kappa shape index (κ2) is 5.92. The Morgan fingerprint density at radius 3 is 2.43 bits per heavy atom. The van der Waals surface area contributed by atoms with Gasteiger partial charge in [0.15, 0.2) is 17.5 Å². The third-order valence-electron chi connectivity index (χ3n) is 2.84. The van der Waals surface area contributed by atoms with Crippen LogP contribution >= 0.6 is 22.6 Å². The van der Waals surface area contributed by atoms with E-state index in [1.54, 1.807) is 25.1 Å². The Kier molecular flexibility index (Phi) is 4.40. The Morgan fingerprint density at radius 1 is 1.19 bits per heavy atom. The fraction of sp³-hybridized carbons (Fsp3) is 0.0714. The number of aromatic carboxylic acids is 1. The van der Waals surface area contributed by atoms with Crippen molar-refractivity contribution < 1.29 is 23.1 Å². The van der Waals surface area contributed by atoms with Crippen molar-refractivity contribution in [2.45, 2.75) is 6.92 Å². The molecular formula is C14H9F3INO2. The lowest BCUT2D eigenvalue weighted by Gasteiger charge is -2.14. The Balaban J connectivity index is 2.57. The maximum atomic E-state index is 13.8. The lowest BCUT2D eigenvalue weighted by Crippen LogP contribution is -2.09. The largest absolute Gasteiger partial charge is 0.478 e. The second-order valence-corrected chi connectivity index (χ2v) is 5.54. The van der Waals surface area contributed by atoms with Gasteiger partial charge in [-0.25, -0.2) is 18.0 Å². The number of aryl methyl sites for hydroxylation is 1. The van der Waals surface area contributed by atoms with Crippen molar-refractivity contribution >= 4 is 39.9 Å². The number of rotatable bonds is 3. The van der Waals surface area contributed by atoms with Gasteiger partial charge in [0.2, 0.25) is 0 Å². The predicted molar refractivity (Wildman–Crippen MR) is 80.5 cm³/mol. The van der Waals surface area contributed by atoms with E-state index in [4.69, 9.17) is 5.11 Å². The van der Waals surface area contributed by atoms with Gasteiger partial charge in [-0.15, -0.1) is 0 Å². The molecule has 0 saturated carbocycles. The van der Waals surface area contributed by atoms with Gasteiger partial charge in [0, 0.05) is 9.26 Å². The normalized spacial score (nSPS) is 10.5. The maximum Gasteiger partial charge on any atom is 0.338 e. The third-order valence-corrected chi connectivity index (χ3v) is 3.51. The first-order chi connectivity index (χ1) is 9.81. The summed E-state index contributed by atoms with van der Waals surface area (Å²) in [7, 11) is 0. The molecule has 2 rings (SSSR count). The summed E-state index contributed by atoms with van der Waals surface area (Å²) in [5.41, 5.74) is -0.166. The van der Waals surface area contributed by atoms with Crippen LogP contribution in [0.3, 0.4) is 0 Å². The Bertz CT molecular complexity index is 735. The maximum absolute atomic E-state index is 13.8. The number of halogens is 4. The monoisotopic (exact) mass is 407 g/mol. The molecule has 0 saturated heterocycles. The van der Waals surface area contributed by atoms with Crippen molar-refractivity contribution in [1.82, 2.24) is 0 Å². The molecule has 3 nitrogen and oxygen atoms in total. The molecule has 0 aliphatic carbocycles. The minimum atomic E-state index is -1.72. The fourth-order valence-electron chi connectivity index (χ4n) is 1.79.